The molecule has 2 spiro atoms. The fraction of sp³-hybridized carbons (Fsp3) is 0.0333. The largest absolute Gasteiger partial charge is 0.457 e. The Kier molecular flexibility index (Phi) is 7.21. The van der Waals surface area contributed by atoms with Crippen molar-refractivity contribution >= 4 is 39.6 Å². The van der Waals surface area contributed by atoms with Crippen molar-refractivity contribution in [1.29, 1.82) is 0 Å². The van der Waals surface area contributed by atoms with Crippen LogP contribution in [0.4, 0.5) is 17.1 Å². The molecule has 0 bridgehead atoms. The van der Waals surface area contributed by atoms with E-state index in [1.807, 2.05) is 11.8 Å². The Morgan fingerprint density at radius 1 is 0.333 bits per heavy atom. The van der Waals surface area contributed by atoms with Crippen LogP contribution < -0.4 is 9.64 Å². The molecule has 10 aromatic rings. The van der Waals surface area contributed by atoms with Gasteiger partial charge in [-0.2, -0.15) is 0 Å². The number of hydrogen-bond acceptors (Lipinski definition) is 3. The fourth-order valence-electron chi connectivity index (χ4n) is 11.8. The van der Waals surface area contributed by atoms with Crippen LogP contribution in [0.1, 0.15) is 44.5 Å². The van der Waals surface area contributed by atoms with Gasteiger partial charge in [0.05, 0.1) is 16.5 Å². The monoisotopic (exact) mass is 819 g/mol. The van der Waals surface area contributed by atoms with E-state index in [0.717, 1.165) is 39.7 Å². The molecule has 0 atom stereocenters. The predicted octanol–water partition coefficient (Wildman–Crippen LogP) is 15.6. The van der Waals surface area contributed by atoms with E-state index < -0.39 is 10.8 Å². The van der Waals surface area contributed by atoms with Gasteiger partial charge in [-0.15, -0.1) is 0 Å². The molecule has 2 aliphatic heterocycles. The highest BCUT2D eigenvalue weighted by Crippen LogP contribution is 2.65. The van der Waals surface area contributed by atoms with Crippen molar-refractivity contribution in [2.45, 2.75) is 20.6 Å². The van der Waals surface area contributed by atoms with Gasteiger partial charge in [-0.1, -0.05) is 182 Å². The standard InChI is InChI=1S/C60H37NOS/c1-2-18-41-38(16-1)17-15-27-54(41)61(39-33-35-48-45(36-39)43-20-4-6-22-47(43)59(48)51-25-9-13-30-57(51)63-58-31-14-10-26-52(58)59)40-32-34-44-42-19-3-5-21-46(42)60(53(44)37-40)49-23-7-11-28-55(49)62-56-29-12-8-24-50(56)60/h1-37H. The second-order valence-corrected chi connectivity index (χ2v) is 18.2. The van der Waals surface area contributed by atoms with E-state index in [0.29, 0.717) is 0 Å². The van der Waals surface area contributed by atoms with Crippen LogP contribution in [-0.2, 0) is 10.8 Å². The molecule has 2 nitrogen and oxygen atoms in total. The highest BCUT2D eigenvalue weighted by molar-refractivity contribution is 7.99. The van der Waals surface area contributed by atoms with Crippen molar-refractivity contribution in [3.05, 3.63) is 269 Å². The number of anilines is 3. The first-order valence-corrected chi connectivity index (χ1v) is 22.6. The zero-order valence-corrected chi connectivity index (χ0v) is 34.9. The van der Waals surface area contributed by atoms with Gasteiger partial charge in [0.15, 0.2) is 0 Å². The van der Waals surface area contributed by atoms with Crippen molar-refractivity contribution in [2.24, 2.45) is 0 Å². The maximum Gasteiger partial charge on any atom is 0.132 e. The topological polar surface area (TPSA) is 12.5 Å². The Balaban J connectivity index is 1.05. The van der Waals surface area contributed by atoms with Gasteiger partial charge in [0, 0.05) is 37.7 Å². The minimum absolute atomic E-state index is 0.442. The van der Waals surface area contributed by atoms with Gasteiger partial charge in [-0.25, -0.2) is 0 Å². The predicted molar refractivity (Wildman–Crippen MR) is 257 cm³/mol. The third kappa shape index (κ3) is 4.54. The summed E-state index contributed by atoms with van der Waals surface area (Å²) < 4.78 is 6.71. The Morgan fingerprint density at radius 2 is 0.810 bits per heavy atom. The van der Waals surface area contributed by atoms with Crippen LogP contribution >= 0.6 is 11.8 Å². The van der Waals surface area contributed by atoms with Gasteiger partial charge in [0.25, 0.3) is 0 Å². The molecule has 4 aliphatic rings. The smallest absolute Gasteiger partial charge is 0.132 e. The molecule has 0 saturated heterocycles. The van der Waals surface area contributed by atoms with Crippen LogP contribution in [0.25, 0.3) is 33.0 Å². The summed E-state index contributed by atoms with van der Waals surface area (Å²) in [6, 6.07) is 83.3. The summed E-state index contributed by atoms with van der Waals surface area (Å²) in [5.74, 6) is 1.79. The van der Waals surface area contributed by atoms with Gasteiger partial charge in [0.1, 0.15) is 11.5 Å². The average molecular weight is 820 g/mol. The zero-order chi connectivity index (χ0) is 41.3. The lowest BCUT2D eigenvalue weighted by Crippen LogP contribution is -2.32. The summed E-state index contributed by atoms with van der Waals surface area (Å²) in [6.45, 7) is 0. The molecule has 2 aliphatic carbocycles. The molecule has 0 radical (unpaired) electrons. The highest BCUT2D eigenvalue weighted by Gasteiger charge is 2.52. The lowest BCUT2D eigenvalue weighted by atomic mass is 9.66. The second kappa shape index (κ2) is 13.0. The summed E-state index contributed by atoms with van der Waals surface area (Å²) in [5.41, 5.74) is 17.6. The van der Waals surface area contributed by atoms with Crippen LogP contribution in [-0.4, -0.2) is 0 Å². The Hall–Kier alpha value is -7.59. The first kappa shape index (κ1) is 35.1. The molecule has 0 aromatic heterocycles. The number of ether oxygens (including phenoxy) is 1. The Labute approximate surface area is 370 Å². The van der Waals surface area contributed by atoms with Crippen LogP contribution in [0.2, 0.25) is 0 Å². The Morgan fingerprint density at radius 3 is 1.51 bits per heavy atom. The molecule has 0 amide bonds. The Bertz CT molecular complexity index is 3470. The molecular weight excluding hydrogens is 783 g/mol. The molecule has 2 heterocycles. The van der Waals surface area contributed by atoms with Crippen molar-refractivity contribution in [1.82, 2.24) is 0 Å². The van der Waals surface area contributed by atoms with Crippen molar-refractivity contribution in [3.63, 3.8) is 0 Å². The lowest BCUT2D eigenvalue weighted by Gasteiger charge is -2.40. The van der Waals surface area contributed by atoms with Crippen LogP contribution in [0.3, 0.4) is 0 Å². The molecule has 0 unspecified atom stereocenters. The number of para-hydroxylation sites is 2. The molecule has 0 N–H and O–H groups in total. The summed E-state index contributed by atoms with van der Waals surface area (Å²) in [5, 5.41) is 2.40. The van der Waals surface area contributed by atoms with Crippen molar-refractivity contribution in [2.75, 3.05) is 4.90 Å². The van der Waals surface area contributed by atoms with E-state index in [-0.39, 0.29) is 0 Å². The number of rotatable bonds is 3. The molecule has 3 heteroatoms. The minimum atomic E-state index is -0.583. The summed E-state index contributed by atoms with van der Waals surface area (Å²) in [4.78, 5) is 5.12. The fourth-order valence-corrected chi connectivity index (χ4v) is 13.0. The molecule has 14 rings (SSSR count). The second-order valence-electron chi connectivity index (χ2n) is 17.1. The van der Waals surface area contributed by atoms with Gasteiger partial charge in [-0.3, -0.25) is 0 Å². The maximum absolute atomic E-state index is 6.71. The number of nitrogens with zero attached hydrogens (tertiary/aromatic N) is 1. The van der Waals surface area contributed by atoms with Crippen molar-refractivity contribution < 1.29 is 4.74 Å². The van der Waals surface area contributed by atoms with E-state index in [2.05, 4.69) is 229 Å². The van der Waals surface area contributed by atoms with Gasteiger partial charge in [-0.05, 0) is 116 Å². The summed E-state index contributed by atoms with van der Waals surface area (Å²) in [6.07, 6.45) is 0. The molecule has 294 valence electrons. The van der Waals surface area contributed by atoms with Crippen LogP contribution in [0.15, 0.2) is 234 Å². The van der Waals surface area contributed by atoms with Crippen LogP contribution in [0.5, 0.6) is 11.5 Å². The van der Waals surface area contributed by atoms with Crippen LogP contribution in [0, 0.1) is 0 Å². The van der Waals surface area contributed by atoms with Gasteiger partial charge >= 0.3 is 0 Å². The third-order valence-corrected chi connectivity index (χ3v) is 15.3. The SMILES string of the molecule is c1ccc2c(c1)Oc1ccccc1C21c2ccccc2-c2ccc(N(c3ccc4c(c3)-c3ccccc3C43c4ccccc4Sc4ccccc43)c3cccc4ccccc34)cc21. The van der Waals surface area contributed by atoms with E-state index in [4.69, 9.17) is 4.74 Å². The minimum Gasteiger partial charge on any atom is -0.457 e. The summed E-state index contributed by atoms with van der Waals surface area (Å²) >= 11 is 1.89. The van der Waals surface area contributed by atoms with E-state index >= 15 is 0 Å². The van der Waals surface area contributed by atoms with E-state index in [1.165, 1.54) is 76.2 Å². The first-order chi connectivity index (χ1) is 31.2. The van der Waals surface area contributed by atoms with Gasteiger partial charge < -0.3 is 9.64 Å². The number of fused-ring (bicyclic) bond motifs is 19. The molecule has 10 aromatic carbocycles. The normalized spacial score (nSPS) is 14.7. The van der Waals surface area contributed by atoms with E-state index in [9.17, 15) is 0 Å². The number of benzene rings is 10. The average Bonchev–Trinajstić information content (AvgIpc) is 3.79. The first-order valence-electron chi connectivity index (χ1n) is 21.7. The van der Waals surface area contributed by atoms with Gasteiger partial charge in [0.2, 0.25) is 0 Å². The molecular formula is C60H37NOS. The van der Waals surface area contributed by atoms with E-state index in [1.54, 1.807) is 0 Å². The third-order valence-electron chi connectivity index (χ3n) is 14.2. The molecule has 0 fully saturated rings. The lowest BCUT2D eigenvalue weighted by molar-refractivity contribution is 0.436. The highest BCUT2D eigenvalue weighted by atomic mass is 32.2. The van der Waals surface area contributed by atoms with Crippen molar-refractivity contribution in [3.8, 4) is 33.8 Å². The molecule has 0 saturated carbocycles. The zero-order valence-electron chi connectivity index (χ0n) is 34.1. The quantitative estimate of drug-likeness (QED) is 0.176. The number of hydrogen-bond donors (Lipinski definition) is 0. The summed E-state index contributed by atoms with van der Waals surface area (Å²) in [7, 11) is 0. The molecule has 63 heavy (non-hydrogen) atoms. The maximum atomic E-state index is 6.71.